The largest absolute Gasteiger partial charge is 0.399 e. The highest BCUT2D eigenvalue weighted by Crippen LogP contribution is 2.34. The third-order valence-electron chi connectivity index (χ3n) is 4.31. The lowest BCUT2D eigenvalue weighted by molar-refractivity contribution is 1.06. The second-order valence-electron chi connectivity index (χ2n) is 5.82. The Bertz CT molecular complexity index is 1010. The van der Waals surface area contributed by atoms with E-state index in [0.29, 0.717) is 0 Å². The van der Waals surface area contributed by atoms with Gasteiger partial charge in [0.2, 0.25) is 0 Å². The number of rotatable bonds is 2. The van der Waals surface area contributed by atoms with E-state index >= 15 is 0 Å². The number of hydrogen-bond donors (Lipinski definition) is 1. The van der Waals surface area contributed by atoms with Gasteiger partial charge in [-0.15, -0.1) is 0 Å². The van der Waals surface area contributed by atoms with E-state index in [-0.39, 0.29) is 0 Å². The Kier molecular flexibility index (Phi) is 3.23. The van der Waals surface area contributed by atoms with Gasteiger partial charge < -0.3 is 5.73 Å². The summed E-state index contributed by atoms with van der Waals surface area (Å²) in [6.07, 6.45) is 0.926. The number of pyridine rings is 1. The number of anilines is 1. The molecule has 0 aliphatic carbocycles. The molecule has 0 saturated carbocycles. The number of nitrogen functional groups attached to an aromatic ring is 1. The Hall–Kier alpha value is -2.87. The van der Waals surface area contributed by atoms with Crippen molar-refractivity contribution in [3.05, 3.63) is 72.4 Å². The summed E-state index contributed by atoms with van der Waals surface area (Å²) in [4.78, 5) is 4.86. The number of aromatic nitrogens is 1. The lowest BCUT2D eigenvalue weighted by Crippen LogP contribution is -1.94. The Morgan fingerprint density at radius 1 is 0.826 bits per heavy atom. The maximum atomic E-state index is 6.15. The van der Waals surface area contributed by atoms with Crippen molar-refractivity contribution in [2.24, 2.45) is 0 Å². The molecule has 0 spiro atoms. The molecule has 2 heteroatoms. The summed E-state index contributed by atoms with van der Waals surface area (Å²) < 4.78 is 0. The van der Waals surface area contributed by atoms with E-state index in [1.54, 1.807) is 0 Å². The summed E-state index contributed by atoms with van der Waals surface area (Å²) in [6.45, 7) is 2.13. The molecule has 2 N–H and O–H groups in total. The maximum Gasteiger partial charge on any atom is 0.0785 e. The Morgan fingerprint density at radius 2 is 1.65 bits per heavy atom. The summed E-state index contributed by atoms with van der Waals surface area (Å²) in [5.41, 5.74) is 11.3. The van der Waals surface area contributed by atoms with Crippen LogP contribution in [0, 0.1) is 0 Å². The van der Waals surface area contributed by atoms with E-state index in [0.717, 1.165) is 34.3 Å². The Labute approximate surface area is 135 Å². The maximum absolute atomic E-state index is 6.15. The predicted octanol–water partition coefficient (Wildman–Crippen LogP) is 5.20. The third-order valence-corrected chi connectivity index (χ3v) is 4.31. The third kappa shape index (κ3) is 2.33. The molecule has 1 heterocycles. The number of benzene rings is 3. The SMILES string of the molecule is CCc1ccc2cc(N)cc(-c3cccc4ccccc34)c2n1. The summed E-state index contributed by atoms with van der Waals surface area (Å²) >= 11 is 0. The molecule has 0 saturated heterocycles. The molecule has 3 aromatic carbocycles. The van der Waals surface area contributed by atoms with E-state index < -0.39 is 0 Å². The zero-order chi connectivity index (χ0) is 15.8. The van der Waals surface area contributed by atoms with Crippen LogP contribution in [0.2, 0.25) is 0 Å². The zero-order valence-corrected chi connectivity index (χ0v) is 13.1. The van der Waals surface area contributed by atoms with E-state index in [1.807, 2.05) is 12.1 Å². The van der Waals surface area contributed by atoms with Crippen molar-refractivity contribution in [3.8, 4) is 11.1 Å². The molecular weight excluding hydrogens is 280 g/mol. The molecule has 1 aromatic heterocycles. The molecule has 0 radical (unpaired) electrons. The van der Waals surface area contributed by atoms with Crippen LogP contribution in [0.1, 0.15) is 12.6 Å². The first-order valence-electron chi connectivity index (χ1n) is 7.93. The van der Waals surface area contributed by atoms with Crippen LogP contribution in [0.25, 0.3) is 32.8 Å². The van der Waals surface area contributed by atoms with Crippen LogP contribution in [0.4, 0.5) is 5.69 Å². The molecule has 112 valence electrons. The van der Waals surface area contributed by atoms with E-state index in [4.69, 9.17) is 10.7 Å². The van der Waals surface area contributed by atoms with Crippen LogP contribution in [0.5, 0.6) is 0 Å². The van der Waals surface area contributed by atoms with Gasteiger partial charge in [0, 0.05) is 22.3 Å². The second kappa shape index (κ2) is 5.40. The van der Waals surface area contributed by atoms with Crippen LogP contribution < -0.4 is 5.73 Å². The summed E-state index contributed by atoms with van der Waals surface area (Å²) in [6, 6.07) is 23.0. The highest BCUT2D eigenvalue weighted by atomic mass is 14.7. The van der Waals surface area contributed by atoms with Crippen molar-refractivity contribution in [3.63, 3.8) is 0 Å². The fourth-order valence-corrected chi connectivity index (χ4v) is 3.16. The number of aryl methyl sites for hydroxylation is 1. The highest BCUT2D eigenvalue weighted by molar-refractivity contribution is 6.05. The fraction of sp³-hybridized carbons (Fsp3) is 0.0952. The number of nitrogens with two attached hydrogens (primary N) is 1. The van der Waals surface area contributed by atoms with Crippen LogP contribution in [0.15, 0.2) is 66.7 Å². The van der Waals surface area contributed by atoms with Crippen molar-refractivity contribution >= 4 is 27.4 Å². The minimum absolute atomic E-state index is 0.770. The lowest BCUT2D eigenvalue weighted by atomic mass is 9.95. The molecule has 23 heavy (non-hydrogen) atoms. The monoisotopic (exact) mass is 298 g/mol. The highest BCUT2D eigenvalue weighted by Gasteiger charge is 2.10. The van der Waals surface area contributed by atoms with Crippen molar-refractivity contribution in [1.29, 1.82) is 0 Å². The second-order valence-corrected chi connectivity index (χ2v) is 5.82. The van der Waals surface area contributed by atoms with Crippen molar-refractivity contribution in [1.82, 2.24) is 4.98 Å². The van der Waals surface area contributed by atoms with Gasteiger partial charge in [0.1, 0.15) is 0 Å². The van der Waals surface area contributed by atoms with Gasteiger partial charge in [0.15, 0.2) is 0 Å². The van der Waals surface area contributed by atoms with Gasteiger partial charge in [0.05, 0.1) is 5.52 Å². The Balaban J connectivity index is 2.11. The van der Waals surface area contributed by atoms with Crippen LogP contribution in [-0.2, 0) is 6.42 Å². The number of hydrogen-bond acceptors (Lipinski definition) is 2. The van der Waals surface area contributed by atoms with Gasteiger partial charge in [-0.3, -0.25) is 4.98 Å². The molecule has 0 fully saturated rings. The van der Waals surface area contributed by atoms with Gasteiger partial charge in [0.25, 0.3) is 0 Å². The topological polar surface area (TPSA) is 38.9 Å². The van der Waals surface area contributed by atoms with Crippen LogP contribution in [0.3, 0.4) is 0 Å². The van der Waals surface area contributed by atoms with Crippen LogP contribution >= 0.6 is 0 Å². The van der Waals surface area contributed by atoms with E-state index in [1.165, 1.54) is 16.3 Å². The van der Waals surface area contributed by atoms with Gasteiger partial charge in [-0.2, -0.15) is 0 Å². The molecule has 0 unspecified atom stereocenters. The van der Waals surface area contributed by atoms with Crippen LogP contribution in [-0.4, -0.2) is 4.98 Å². The number of fused-ring (bicyclic) bond motifs is 2. The summed E-state index contributed by atoms with van der Waals surface area (Å²) in [7, 11) is 0. The Morgan fingerprint density at radius 3 is 2.52 bits per heavy atom. The average Bonchev–Trinajstić information content (AvgIpc) is 2.60. The molecule has 2 nitrogen and oxygen atoms in total. The van der Waals surface area contributed by atoms with Crippen molar-refractivity contribution < 1.29 is 0 Å². The molecule has 4 rings (SSSR count). The minimum Gasteiger partial charge on any atom is -0.399 e. The normalized spacial score (nSPS) is 11.2. The zero-order valence-electron chi connectivity index (χ0n) is 13.1. The first-order chi connectivity index (χ1) is 11.3. The van der Waals surface area contributed by atoms with E-state index in [9.17, 15) is 0 Å². The quantitative estimate of drug-likeness (QED) is 0.517. The van der Waals surface area contributed by atoms with Gasteiger partial charge in [-0.1, -0.05) is 55.5 Å². The minimum atomic E-state index is 0.770. The molecular formula is C21H18N2. The average molecular weight is 298 g/mol. The standard InChI is InChI=1S/C21H18N2/c1-2-17-11-10-15-12-16(22)13-20(21(15)23-17)19-9-5-7-14-6-3-4-8-18(14)19/h3-13H,2,22H2,1H3. The fourth-order valence-electron chi connectivity index (χ4n) is 3.16. The predicted molar refractivity (Wildman–Crippen MR) is 98.5 cm³/mol. The summed E-state index contributed by atoms with van der Waals surface area (Å²) in [5.74, 6) is 0. The lowest BCUT2D eigenvalue weighted by Gasteiger charge is -2.12. The first kappa shape index (κ1) is 13.8. The molecule has 0 aliphatic heterocycles. The molecule has 0 atom stereocenters. The first-order valence-corrected chi connectivity index (χ1v) is 7.93. The van der Waals surface area contributed by atoms with Gasteiger partial charge in [-0.05, 0) is 41.0 Å². The molecule has 0 amide bonds. The molecule has 4 aromatic rings. The van der Waals surface area contributed by atoms with Crippen molar-refractivity contribution in [2.75, 3.05) is 5.73 Å². The smallest absolute Gasteiger partial charge is 0.0785 e. The summed E-state index contributed by atoms with van der Waals surface area (Å²) in [5, 5.41) is 3.54. The van der Waals surface area contributed by atoms with Crippen molar-refractivity contribution in [2.45, 2.75) is 13.3 Å². The van der Waals surface area contributed by atoms with Gasteiger partial charge in [-0.25, -0.2) is 0 Å². The van der Waals surface area contributed by atoms with E-state index in [2.05, 4.69) is 61.5 Å². The number of nitrogens with zero attached hydrogens (tertiary/aromatic N) is 1. The molecule has 0 bridgehead atoms. The molecule has 0 aliphatic rings. The van der Waals surface area contributed by atoms with Gasteiger partial charge >= 0.3 is 0 Å².